The van der Waals surface area contributed by atoms with Crippen LogP contribution in [0.4, 0.5) is 4.39 Å². The first-order chi connectivity index (χ1) is 11.7. The van der Waals surface area contributed by atoms with E-state index in [-0.39, 0.29) is 0 Å². The van der Waals surface area contributed by atoms with E-state index in [2.05, 4.69) is 10.1 Å². The summed E-state index contributed by atoms with van der Waals surface area (Å²) in [6.07, 6.45) is 3.17. The van der Waals surface area contributed by atoms with Crippen LogP contribution < -0.4 is 0 Å². The van der Waals surface area contributed by atoms with Crippen molar-refractivity contribution in [3.8, 4) is 11.4 Å². The minimum absolute atomic E-state index is 0.300. The largest absolute Gasteiger partial charge is 0.524 e. The second-order valence-corrected chi connectivity index (χ2v) is 7.25. The highest BCUT2D eigenvalue weighted by atomic mass is 19.1. The Labute approximate surface area is 148 Å². The summed E-state index contributed by atoms with van der Waals surface area (Å²) in [5.41, 5.74) is 0.932. The lowest BCUT2D eigenvalue weighted by molar-refractivity contribution is 0.00578. The molecular weight excluding hydrogens is 320 g/mol. The summed E-state index contributed by atoms with van der Waals surface area (Å²) in [5, 5.41) is 4.50. The van der Waals surface area contributed by atoms with Gasteiger partial charge >= 0.3 is 7.12 Å². The molecule has 0 amide bonds. The molecule has 1 aliphatic heterocycles. The number of hydrogen-bond donors (Lipinski definition) is 0. The zero-order valence-corrected chi connectivity index (χ0v) is 15.3. The van der Waals surface area contributed by atoms with Crippen molar-refractivity contribution in [2.45, 2.75) is 52.4 Å². The minimum atomic E-state index is -0.976. The number of allylic oxidation sites excluding steroid dienone is 1. The monoisotopic (exact) mass is 343 g/mol. The van der Waals surface area contributed by atoms with E-state index in [9.17, 15) is 4.39 Å². The summed E-state index contributed by atoms with van der Waals surface area (Å²) >= 11 is 0. The maximum atomic E-state index is 14.5. The Morgan fingerprint density at radius 1 is 1.20 bits per heavy atom. The Hall–Kier alpha value is -1.99. The fraction of sp³-hybridized carbons (Fsp3) is 0.444. The standard InChI is InChI=1S/C18H23BFN3O2/c1-13-12-15(14-8-6-7-10-21-14)22-23(13)11-9-16(20)19-24-17(2,3)18(4,5)25-19/h6-10,12H,11H2,1-5H3. The van der Waals surface area contributed by atoms with Crippen molar-refractivity contribution in [2.75, 3.05) is 0 Å². The van der Waals surface area contributed by atoms with Crippen molar-refractivity contribution in [1.29, 1.82) is 0 Å². The highest BCUT2D eigenvalue weighted by molar-refractivity contribution is 6.53. The van der Waals surface area contributed by atoms with Crippen LogP contribution >= 0.6 is 0 Å². The number of pyridine rings is 1. The van der Waals surface area contributed by atoms with E-state index in [1.807, 2.05) is 58.9 Å². The molecule has 1 aliphatic rings. The van der Waals surface area contributed by atoms with Gasteiger partial charge in [0.05, 0.1) is 23.4 Å². The van der Waals surface area contributed by atoms with Gasteiger partial charge in [0.1, 0.15) is 11.4 Å². The zero-order chi connectivity index (χ0) is 18.2. The highest BCUT2D eigenvalue weighted by Gasteiger charge is 2.52. The Balaban J connectivity index is 1.73. The maximum absolute atomic E-state index is 14.5. The average molecular weight is 343 g/mol. The van der Waals surface area contributed by atoms with E-state index in [4.69, 9.17) is 9.31 Å². The van der Waals surface area contributed by atoms with Gasteiger partial charge in [-0.05, 0) is 58.9 Å². The molecule has 0 bridgehead atoms. The second kappa shape index (κ2) is 6.39. The molecule has 25 heavy (non-hydrogen) atoms. The van der Waals surface area contributed by atoms with Gasteiger partial charge in [0.25, 0.3) is 0 Å². The van der Waals surface area contributed by atoms with Crippen molar-refractivity contribution >= 4 is 7.12 Å². The van der Waals surface area contributed by atoms with Crippen molar-refractivity contribution in [2.24, 2.45) is 0 Å². The molecule has 132 valence electrons. The number of aromatic nitrogens is 3. The third-order valence-electron chi connectivity index (χ3n) is 4.85. The van der Waals surface area contributed by atoms with Gasteiger partial charge in [-0.1, -0.05) is 6.07 Å². The predicted molar refractivity (Wildman–Crippen MR) is 95.5 cm³/mol. The molecule has 0 atom stereocenters. The average Bonchev–Trinajstić information content (AvgIpc) is 3.03. The molecule has 0 aromatic carbocycles. The van der Waals surface area contributed by atoms with Crippen molar-refractivity contribution in [3.63, 3.8) is 0 Å². The summed E-state index contributed by atoms with van der Waals surface area (Å²) < 4.78 is 27.7. The lowest BCUT2D eigenvalue weighted by Gasteiger charge is -2.32. The predicted octanol–water partition coefficient (Wildman–Crippen LogP) is 3.74. The van der Waals surface area contributed by atoms with Crippen LogP contribution in [0.5, 0.6) is 0 Å². The molecule has 0 radical (unpaired) electrons. The summed E-state index contributed by atoms with van der Waals surface area (Å²) in [6.45, 7) is 9.83. The first kappa shape index (κ1) is 17.8. The molecule has 0 saturated carbocycles. The summed E-state index contributed by atoms with van der Waals surface area (Å²) in [5.74, 6) is 0. The van der Waals surface area contributed by atoms with Crippen LogP contribution in [0.15, 0.2) is 42.3 Å². The number of aryl methyl sites for hydroxylation is 1. The van der Waals surface area contributed by atoms with Crippen molar-refractivity contribution < 1.29 is 13.7 Å². The number of rotatable bonds is 4. The van der Waals surface area contributed by atoms with E-state index in [0.29, 0.717) is 6.54 Å². The molecule has 7 heteroatoms. The Morgan fingerprint density at radius 2 is 1.88 bits per heavy atom. The van der Waals surface area contributed by atoms with Gasteiger partial charge in [0, 0.05) is 11.9 Å². The van der Waals surface area contributed by atoms with E-state index in [1.165, 1.54) is 6.08 Å². The first-order valence-electron chi connectivity index (χ1n) is 8.37. The van der Waals surface area contributed by atoms with E-state index in [1.54, 1.807) is 10.9 Å². The topological polar surface area (TPSA) is 49.2 Å². The van der Waals surface area contributed by atoms with Crippen LogP contribution in [-0.2, 0) is 15.9 Å². The third-order valence-corrected chi connectivity index (χ3v) is 4.85. The summed E-state index contributed by atoms with van der Waals surface area (Å²) in [4.78, 5) is 4.29. The van der Waals surface area contributed by atoms with Gasteiger partial charge in [0.15, 0.2) is 0 Å². The van der Waals surface area contributed by atoms with Gasteiger partial charge in [-0.25, -0.2) is 4.39 Å². The molecule has 0 spiro atoms. The fourth-order valence-electron chi connectivity index (χ4n) is 2.56. The molecule has 1 saturated heterocycles. The van der Waals surface area contributed by atoms with Crippen LogP contribution in [0.25, 0.3) is 11.4 Å². The molecular formula is C18H23BFN3O2. The SMILES string of the molecule is Cc1cc(-c2ccccn2)nn1CC=C(F)B1OC(C)(C)C(C)(C)O1. The second-order valence-electron chi connectivity index (χ2n) is 7.25. The summed E-state index contributed by atoms with van der Waals surface area (Å²) in [7, 11) is -0.976. The molecule has 0 unspecified atom stereocenters. The number of nitrogens with zero attached hydrogens (tertiary/aromatic N) is 3. The van der Waals surface area contributed by atoms with Gasteiger partial charge in [0.2, 0.25) is 0 Å². The minimum Gasteiger partial charge on any atom is -0.398 e. The van der Waals surface area contributed by atoms with Crippen LogP contribution in [0.2, 0.25) is 0 Å². The highest BCUT2D eigenvalue weighted by Crippen LogP contribution is 2.38. The van der Waals surface area contributed by atoms with Crippen LogP contribution in [-0.4, -0.2) is 33.1 Å². The third kappa shape index (κ3) is 3.53. The van der Waals surface area contributed by atoms with E-state index >= 15 is 0 Å². The molecule has 2 aromatic rings. The number of hydrogen-bond acceptors (Lipinski definition) is 4. The van der Waals surface area contributed by atoms with Gasteiger partial charge in [-0.3, -0.25) is 9.67 Å². The van der Waals surface area contributed by atoms with Gasteiger partial charge in [-0.2, -0.15) is 5.10 Å². The van der Waals surface area contributed by atoms with Gasteiger partial charge in [-0.15, -0.1) is 0 Å². The van der Waals surface area contributed by atoms with Crippen molar-refractivity contribution in [3.05, 3.63) is 48.0 Å². The summed E-state index contributed by atoms with van der Waals surface area (Å²) in [6, 6.07) is 7.60. The Kier molecular flexibility index (Phi) is 4.55. The molecule has 1 fully saturated rings. The molecule has 3 heterocycles. The lowest BCUT2D eigenvalue weighted by Crippen LogP contribution is -2.41. The Bertz CT molecular complexity index is 771. The quantitative estimate of drug-likeness (QED) is 0.794. The molecule has 2 aromatic heterocycles. The zero-order valence-electron chi connectivity index (χ0n) is 15.3. The van der Waals surface area contributed by atoms with Crippen molar-refractivity contribution in [1.82, 2.24) is 14.8 Å². The van der Waals surface area contributed by atoms with E-state index in [0.717, 1.165) is 17.1 Å². The van der Waals surface area contributed by atoms with E-state index < -0.39 is 24.0 Å². The lowest BCUT2D eigenvalue weighted by atomic mass is 9.88. The first-order valence-corrected chi connectivity index (χ1v) is 8.37. The van der Waals surface area contributed by atoms with Gasteiger partial charge < -0.3 is 9.31 Å². The normalized spacial score (nSPS) is 19.4. The Morgan fingerprint density at radius 3 is 2.48 bits per heavy atom. The molecule has 0 N–H and O–H groups in total. The number of halogens is 1. The fourth-order valence-corrected chi connectivity index (χ4v) is 2.56. The van der Waals surface area contributed by atoms with Crippen LogP contribution in [0.1, 0.15) is 33.4 Å². The van der Waals surface area contributed by atoms with Crippen LogP contribution in [0, 0.1) is 6.92 Å². The molecule has 3 rings (SSSR count). The molecule has 0 aliphatic carbocycles. The van der Waals surface area contributed by atoms with Crippen LogP contribution in [0.3, 0.4) is 0 Å². The maximum Gasteiger partial charge on any atom is 0.524 e. The smallest absolute Gasteiger partial charge is 0.398 e. The molecule has 5 nitrogen and oxygen atoms in total.